The SMILES string of the molecule is COc1cc2c(cc1CC1C=CC=C(C)C(F)=C1)c(=O)c(C)cn2C(C)C. The van der Waals surface area contributed by atoms with Crippen molar-refractivity contribution in [3.8, 4) is 5.75 Å². The van der Waals surface area contributed by atoms with E-state index in [9.17, 15) is 9.18 Å². The van der Waals surface area contributed by atoms with Crippen LogP contribution >= 0.6 is 0 Å². The first-order valence-electron chi connectivity index (χ1n) is 9.27. The fraction of sp³-hybridized carbons (Fsp3) is 0.348. The Morgan fingerprint density at radius 2 is 2.00 bits per heavy atom. The number of halogens is 1. The molecule has 4 heteroatoms. The number of rotatable bonds is 4. The highest BCUT2D eigenvalue weighted by Gasteiger charge is 2.16. The van der Waals surface area contributed by atoms with Crippen LogP contribution in [0.3, 0.4) is 0 Å². The first-order chi connectivity index (χ1) is 12.8. The molecule has 1 aromatic heterocycles. The maximum absolute atomic E-state index is 14.2. The average Bonchev–Trinajstić information content (AvgIpc) is 2.78. The van der Waals surface area contributed by atoms with E-state index in [1.54, 1.807) is 26.2 Å². The molecule has 0 saturated heterocycles. The van der Waals surface area contributed by atoms with Gasteiger partial charge in [0, 0.05) is 35.2 Å². The summed E-state index contributed by atoms with van der Waals surface area (Å²) >= 11 is 0. The maximum Gasteiger partial charge on any atom is 0.192 e. The molecule has 1 aliphatic carbocycles. The molecule has 0 saturated carbocycles. The molecule has 1 aliphatic rings. The van der Waals surface area contributed by atoms with Crippen molar-refractivity contribution in [3.63, 3.8) is 0 Å². The molecule has 27 heavy (non-hydrogen) atoms. The highest BCUT2D eigenvalue weighted by atomic mass is 19.1. The quantitative estimate of drug-likeness (QED) is 0.722. The minimum absolute atomic E-state index is 0.0291. The highest BCUT2D eigenvalue weighted by molar-refractivity contribution is 5.82. The number of hydrogen-bond donors (Lipinski definition) is 0. The summed E-state index contributed by atoms with van der Waals surface area (Å²) in [4.78, 5) is 12.7. The van der Waals surface area contributed by atoms with Crippen LogP contribution in [-0.4, -0.2) is 11.7 Å². The molecule has 2 aromatic rings. The van der Waals surface area contributed by atoms with Crippen molar-refractivity contribution < 1.29 is 9.13 Å². The molecule has 0 N–H and O–H groups in total. The first kappa shape index (κ1) is 19.2. The maximum atomic E-state index is 14.2. The lowest BCUT2D eigenvalue weighted by Gasteiger charge is -2.19. The largest absolute Gasteiger partial charge is 0.496 e. The Morgan fingerprint density at radius 3 is 2.67 bits per heavy atom. The number of benzene rings is 1. The van der Waals surface area contributed by atoms with E-state index in [0.29, 0.717) is 22.9 Å². The van der Waals surface area contributed by atoms with Crippen molar-refractivity contribution in [3.05, 3.63) is 75.4 Å². The number of hydrogen-bond acceptors (Lipinski definition) is 2. The molecule has 0 spiro atoms. The summed E-state index contributed by atoms with van der Waals surface area (Å²) in [5.41, 5.74) is 3.13. The van der Waals surface area contributed by atoms with Gasteiger partial charge in [-0.1, -0.05) is 18.2 Å². The lowest BCUT2D eigenvalue weighted by atomic mass is 9.95. The topological polar surface area (TPSA) is 31.2 Å². The zero-order valence-corrected chi connectivity index (χ0v) is 16.5. The van der Waals surface area contributed by atoms with Gasteiger partial charge in [-0.15, -0.1) is 0 Å². The molecule has 0 bridgehead atoms. The van der Waals surface area contributed by atoms with Gasteiger partial charge in [0.15, 0.2) is 5.43 Å². The normalized spacial score (nSPS) is 17.1. The van der Waals surface area contributed by atoms with E-state index in [1.165, 1.54) is 0 Å². The molecule has 1 unspecified atom stereocenters. The van der Waals surface area contributed by atoms with Crippen LogP contribution < -0.4 is 10.2 Å². The van der Waals surface area contributed by atoms with Crippen LogP contribution in [0.25, 0.3) is 10.9 Å². The van der Waals surface area contributed by atoms with Crippen LogP contribution in [0.2, 0.25) is 0 Å². The number of methoxy groups -OCH3 is 1. The van der Waals surface area contributed by atoms with Crippen LogP contribution in [0.5, 0.6) is 5.75 Å². The number of ether oxygens (including phenoxy) is 1. The zero-order chi connectivity index (χ0) is 19.7. The standard InChI is InChI=1S/C23H26FNO2/c1-14(2)25-13-16(4)23(26)19-11-18(22(27-5)12-21(19)25)9-17-8-6-7-15(3)20(24)10-17/h6-8,10-14,17H,9H2,1-5H3. The number of nitrogens with zero attached hydrogens (tertiary/aromatic N) is 1. The molecular weight excluding hydrogens is 341 g/mol. The lowest BCUT2D eigenvalue weighted by Crippen LogP contribution is -2.14. The number of aryl methyl sites for hydroxylation is 1. The van der Waals surface area contributed by atoms with Gasteiger partial charge in [0.2, 0.25) is 0 Å². The molecular formula is C23H26FNO2. The highest BCUT2D eigenvalue weighted by Crippen LogP contribution is 2.30. The Bertz CT molecular complexity index is 1020. The van der Waals surface area contributed by atoms with E-state index >= 15 is 0 Å². The van der Waals surface area contributed by atoms with Gasteiger partial charge < -0.3 is 9.30 Å². The lowest BCUT2D eigenvalue weighted by molar-refractivity contribution is 0.408. The third-order valence-electron chi connectivity index (χ3n) is 5.07. The number of fused-ring (bicyclic) bond motifs is 1. The van der Waals surface area contributed by atoms with Crippen LogP contribution in [0.4, 0.5) is 4.39 Å². The van der Waals surface area contributed by atoms with Crippen molar-refractivity contribution >= 4 is 10.9 Å². The molecule has 1 atom stereocenters. The van der Waals surface area contributed by atoms with Crippen molar-refractivity contribution in [2.45, 2.75) is 40.2 Å². The minimum atomic E-state index is -0.206. The van der Waals surface area contributed by atoms with Gasteiger partial charge in [0.1, 0.15) is 11.6 Å². The van der Waals surface area contributed by atoms with Gasteiger partial charge in [-0.05, 0) is 57.4 Å². The third kappa shape index (κ3) is 3.75. The molecule has 1 aromatic carbocycles. The third-order valence-corrected chi connectivity index (χ3v) is 5.07. The summed E-state index contributed by atoms with van der Waals surface area (Å²) in [6.45, 7) is 7.77. The Kier molecular flexibility index (Phi) is 5.36. The predicted molar refractivity (Wildman–Crippen MR) is 109 cm³/mol. The van der Waals surface area contributed by atoms with Gasteiger partial charge >= 0.3 is 0 Å². The monoisotopic (exact) mass is 367 g/mol. The zero-order valence-electron chi connectivity index (χ0n) is 16.5. The number of aromatic nitrogens is 1. The molecule has 0 radical (unpaired) electrons. The van der Waals surface area contributed by atoms with Gasteiger partial charge in [0.25, 0.3) is 0 Å². The first-order valence-corrected chi connectivity index (χ1v) is 9.27. The fourth-order valence-electron chi connectivity index (χ4n) is 3.51. The van der Waals surface area contributed by atoms with Crippen molar-refractivity contribution in [2.24, 2.45) is 5.92 Å². The number of pyridine rings is 1. The van der Waals surface area contributed by atoms with E-state index in [2.05, 4.69) is 18.4 Å². The smallest absolute Gasteiger partial charge is 0.192 e. The fourth-order valence-corrected chi connectivity index (χ4v) is 3.51. The van der Waals surface area contributed by atoms with E-state index in [0.717, 1.165) is 16.8 Å². The second-order valence-electron chi connectivity index (χ2n) is 7.44. The molecule has 3 nitrogen and oxygen atoms in total. The predicted octanol–water partition coefficient (Wildman–Crippen LogP) is 5.43. The molecule has 3 rings (SSSR count). The van der Waals surface area contributed by atoms with E-state index in [-0.39, 0.29) is 23.2 Å². The second kappa shape index (κ2) is 7.55. The van der Waals surface area contributed by atoms with Crippen LogP contribution in [-0.2, 0) is 6.42 Å². The van der Waals surface area contributed by atoms with E-state index in [1.807, 2.05) is 37.4 Å². The Morgan fingerprint density at radius 1 is 1.26 bits per heavy atom. The summed E-state index contributed by atoms with van der Waals surface area (Å²) in [7, 11) is 1.63. The van der Waals surface area contributed by atoms with Crippen molar-refractivity contribution in [2.75, 3.05) is 7.11 Å². The molecule has 142 valence electrons. The molecule has 0 amide bonds. The summed E-state index contributed by atoms with van der Waals surface area (Å²) < 4.78 is 21.9. The Balaban J connectivity index is 2.14. The summed E-state index contributed by atoms with van der Waals surface area (Å²) in [5, 5.41) is 0.677. The van der Waals surface area contributed by atoms with E-state index < -0.39 is 0 Å². The molecule has 0 aliphatic heterocycles. The van der Waals surface area contributed by atoms with Crippen LogP contribution in [0.1, 0.15) is 37.9 Å². The second-order valence-corrected chi connectivity index (χ2v) is 7.44. The Labute approximate surface area is 159 Å². The Hall–Kier alpha value is -2.62. The van der Waals surface area contributed by atoms with Gasteiger partial charge in [-0.2, -0.15) is 0 Å². The summed E-state index contributed by atoms with van der Waals surface area (Å²) in [6, 6.07) is 4.06. The van der Waals surface area contributed by atoms with Crippen molar-refractivity contribution in [1.82, 2.24) is 4.57 Å². The number of allylic oxidation sites excluding steroid dienone is 6. The van der Waals surface area contributed by atoms with Gasteiger partial charge in [-0.3, -0.25) is 4.79 Å². The average molecular weight is 367 g/mol. The van der Waals surface area contributed by atoms with Gasteiger partial charge in [-0.25, -0.2) is 4.39 Å². The molecule has 1 heterocycles. The van der Waals surface area contributed by atoms with E-state index in [4.69, 9.17) is 4.74 Å². The molecule has 0 fully saturated rings. The summed E-state index contributed by atoms with van der Waals surface area (Å²) in [6.07, 6.45) is 9.72. The van der Waals surface area contributed by atoms with Crippen LogP contribution in [0, 0.1) is 12.8 Å². The van der Waals surface area contributed by atoms with Gasteiger partial charge in [0.05, 0.1) is 12.6 Å². The summed E-state index contributed by atoms with van der Waals surface area (Å²) in [5.74, 6) is 0.418. The minimum Gasteiger partial charge on any atom is -0.496 e. The van der Waals surface area contributed by atoms with Crippen LogP contribution in [0.15, 0.2) is 58.8 Å². The van der Waals surface area contributed by atoms with Crippen molar-refractivity contribution in [1.29, 1.82) is 0 Å².